The number of nitrogens with two attached hydrogens (primary N) is 1. The summed E-state index contributed by atoms with van der Waals surface area (Å²) < 4.78 is 6.73. The molecule has 0 unspecified atom stereocenters. The Balaban J connectivity index is 2.92. The lowest BCUT2D eigenvalue weighted by Gasteiger charge is -2.06. The maximum Gasteiger partial charge on any atom is 0.355 e. The van der Waals surface area contributed by atoms with Crippen molar-refractivity contribution in [2.24, 2.45) is 5.73 Å². The molecule has 2 amide bonds. The first-order chi connectivity index (χ1) is 8.58. The number of unbranched alkanes of at least 4 members (excludes halogenated alkanes) is 1. The number of hydrogen-bond acceptors (Lipinski definition) is 3. The van der Waals surface area contributed by atoms with E-state index < -0.39 is 12.0 Å². The van der Waals surface area contributed by atoms with Gasteiger partial charge in [0.05, 0.1) is 12.3 Å². The average Bonchev–Trinajstić information content (AvgIpc) is 2.69. The number of urea groups is 1. The molecule has 0 radical (unpaired) electrons. The van der Waals surface area contributed by atoms with E-state index in [4.69, 9.17) is 10.5 Å². The van der Waals surface area contributed by atoms with Crippen LogP contribution in [-0.2, 0) is 11.3 Å². The van der Waals surface area contributed by atoms with Crippen LogP contribution < -0.4 is 11.1 Å². The van der Waals surface area contributed by atoms with E-state index in [1.807, 2.05) is 0 Å². The average molecular weight is 253 g/mol. The van der Waals surface area contributed by atoms with E-state index in [2.05, 4.69) is 12.2 Å². The quantitative estimate of drug-likeness (QED) is 0.760. The zero-order valence-corrected chi connectivity index (χ0v) is 10.7. The molecule has 0 aliphatic heterocycles. The topological polar surface area (TPSA) is 86.4 Å². The molecule has 0 saturated heterocycles. The molecule has 1 aromatic heterocycles. The number of aryl methyl sites for hydroxylation is 1. The van der Waals surface area contributed by atoms with E-state index in [0.29, 0.717) is 24.5 Å². The minimum absolute atomic E-state index is 0.316. The van der Waals surface area contributed by atoms with E-state index in [9.17, 15) is 9.59 Å². The van der Waals surface area contributed by atoms with Gasteiger partial charge in [-0.2, -0.15) is 0 Å². The van der Waals surface area contributed by atoms with Crippen molar-refractivity contribution in [1.29, 1.82) is 0 Å². The maximum absolute atomic E-state index is 11.7. The van der Waals surface area contributed by atoms with Crippen molar-refractivity contribution in [2.45, 2.75) is 33.2 Å². The molecule has 0 aliphatic carbocycles. The minimum Gasteiger partial charge on any atom is -0.461 e. The SMILES string of the molecule is CCCCn1cc(NC(N)=O)cc1C(=O)OCC. The van der Waals surface area contributed by atoms with Gasteiger partial charge in [0.25, 0.3) is 0 Å². The van der Waals surface area contributed by atoms with Crippen LogP contribution in [-0.4, -0.2) is 23.2 Å². The molecule has 1 heterocycles. The number of carbonyl (C=O) groups is 2. The number of carbonyl (C=O) groups excluding carboxylic acids is 2. The molecule has 0 atom stereocenters. The molecule has 0 aromatic carbocycles. The Kier molecular flexibility index (Phi) is 5.23. The van der Waals surface area contributed by atoms with Gasteiger partial charge in [0.1, 0.15) is 5.69 Å². The number of aromatic nitrogens is 1. The second-order valence-electron chi connectivity index (χ2n) is 3.87. The summed E-state index contributed by atoms with van der Waals surface area (Å²) in [5.41, 5.74) is 5.97. The highest BCUT2D eigenvalue weighted by Crippen LogP contribution is 2.16. The third-order valence-corrected chi connectivity index (χ3v) is 2.40. The Morgan fingerprint density at radius 1 is 1.44 bits per heavy atom. The van der Waals surface area contributed by atoms with Gasteiger partial charge < -0.3 is 20.4 Å². The maximum atomic E-state index is 11.7. The van der Waals surface area contributed by atoms with Gasteiger partial charge in [-0.25, -0.2) is 9.59 Å². The highest BCUT2D eigenvalue weighted by molar-refractivity contribution is 5.92. The summed E-state index contributed by atoms with van der Waals surface area (Å²) in [6.45, 7) is 4.83. The number of nitrogens with one attached hydrogen (secondary N) is 1. The second-order valence-corrected chi connectivity index (χ2v) is 3.87. The Labute approximate surface area is 106 Å². The van der Waals surface area contributed by atoms with Crippen LogP contribution in [0.4, 0.5) is 10.5 Å². The third kappa shape index (κ3) is 3.80. The van der Waals surface area contributed by atoms with Gasteiger partial charge in [0, 0.05) is 12.7 Å². The van der Waals surface area contributed by atoms with Crippen molar-refractivity contribution in [2.75, 3.05) is 11.9 Å². The van der Waals surface area contributed by atoms with Crippen LogP contribution in [0, 0.1) is 0 Å². The van der Waals surface area contributed by atoms with Crippen LogP contribution >= 0.6 is 0 Å². The van der Waals surface area contributed by atoms with Gasteiger partial charge in [-0.1, -0.05) is 13.3 Å². The highest BCUT2D eigenvalue weighted by Gasteiger charge is 2.15. The summed E-state index contributed by atoms with van der Waals surface area (Å²) in [6, 6.07) is 0.913. The Morgan fingerprint density at radius 2 is 2.17 bits per heavy atom. The molecular formula is C12H19N3O3. The molecule has 0 bridgehead atoms. The Bertz CT molecular complexity index is 426. The molecule has 6 nitrogen and oxygen atoms in total. The molecule has 1 aromatic rings. The van der Waals surface area contributed by atoms with Crippen LogP contribution in [0.15, 0.2) is 12.3 Å². The number of anilines is 1. The van der Waals surface area contributed by atoms with Crippen LogP contribution in [0.3, 0.4) is 0 Å². The summed E-state index contributed by atoms with van der Waals surface area (Å²) in [4.78, 5) is 22.5. The van der Waals surface area contributed by atoms with E-state index in [1.54, 1.807) is 23.8 Å². The lowest BCUT2D eigenvalue weighted by molar-refractivity contribution is 0.0513. The molecule has 3 N–H and O–H groups in total. The molecule has 0 fully saturated rings. The number of hydrogen-bond donors (Lipinski definition) is 2. The van der Waals surface area contributed by atoms with Crippen LogP contribution in [0.1, 0.15) is 37.2 Å². The second kappa shape index (κ2) is 6.68. The van der Waals surface area contributed by atoms with Crippen molar-refractivity contribution in [3.05, 3.63) is 18.0 Å². The predicted molar refractivity (Wildman–Crippen MR) is 68.5 cm³/mol. The molecule has 100 valence electrons. The van der Waals surface area contributed by atoms with Gasteiger partial charge in [-0.3, -0.25) is 0 Å². The fraction of sp³-hybridized carbons (Fsp3) is 0.500. The number of amides is 2. The van der Waals surface area contributed by atoms with Gasteiger partial charge in [-0.05, 0) is 19.4 Å². The minimum atomic E-state index is -0.655. The predicted octanol–water partition coefficient (Wildman–Crippen LogP) is 1.96. The number of primary amides is 1. The Hall–Kier alpha value is -1.98. The van der Waals surface area contributed by atoms with E-state index in [1.165, 1.54) is 0 Å². The third-order valence-electron chi connectivity index (χ3n) is 2.40. The van der Waals surface area contributed by atoms with Crippen molar-refractivity contribution in [3.8, 4) is 0 Å². The molecule has 1 rings (SSSR count). The lowest BCUT2D eigenvalue weighted by Crippen LogP contribution is -2.18. The van der Waals surface area contributed by atoms with Crippen LogP contribution in [0.5, 0.6) is 0 Å². The van der Waals surface area contributed by atoms with Gasteiger partial charge in [0.2, 0.25) is 0 Å². The number of rotatable bonds is 6. The first-order valence-electron chi connectivity index (χ1n) is 6.02. The summed E-state index contributed by atoms with van der Waals surface area (Å²) in [5.74, 6) is -0.397. The van der Waals surface area contributed by atoms with Crippen molar-refractivity contribution < 1.29 is 14.3 Å². The summed E-state index contributed by atoms with van der Waals surface area (Å²) >= 11 is 0. The molecule has 0 aliphatic rings. The molecular weight excluding hydrogens is 234 g/mol. The van der Waals surface area contributed by atoms with Crippen LogP contribution in [0.2, 0.25) is 0 Å². The lowest BCUT2D eigenvalue weighted by atomic mass is 10.3. The Morgan fingerprint density at radius 3 is 2.72 bits per heavy atom. The van der Waals surface area contributed by atoms with Crippen molar-refractivity contribution in [1.82, 2.24) is 4.57 Å². The highest BCUT2D eigenvalue weighted by atomic mass is 16.5. The zero-order valence-electron chi connectivity index (χ0n) is 10.7. The standard InChI is InChI=1S/C12H19N3O3/c1-3-5-6-15-8-9(14-12(13)17)7-10(15)11(16)18-4-2/h7-8H,3-6H2,1-2H3,(H3,13,14,17). The summed E-state index contributed by atoms with van der Waals surface area (Å²) in [5, 5.41) is 2.45. The van der Waals surface area contributed by atoms with E-state index in [0.717, 1.165) is 12.8 Å². The normalized spacial score (nSPS) is 10.1. The fourth-order valence-corrected chi connectivity index (χ4v) is 1.61. The van der Waals surface area contributed by atoms with Crippen molar-refractivity contribution in [3.63, 3.8) is 0 Å². The molecule has 18 heavy (non-hydrogen) atoms. The molecule has 0 spiro atoms. The number of esters is 1. The fourth-order valence-electron chi connectivity index (χ4n) is 1.61. The summed E-state index contributed by atoms with van der Waals surface area (Å²) in [6.07, 6.45) is 3.64. The van der Waals surface area contributed by atoms with E-state index in [-0.39, 0.29) is 0 Å². The largest absolute Gasteiger partial charge is 0.461 e. The van der Waals surface area contributed by atoms with Gasteiger partial charge >= 0.3 is 12.0 Å². The van der Waals surface area contributed by atoms with Gasteiger partial charge in [0.15, 0.2) is 0 Å². The van der Waals surface area contributed by atoms with Crippen molar-refractivity contribution >= 4 is 17.7 Å². The number of nitrogens with zero attached hydrogens (tertiary/aromatic N) is 1. The van der Waals surface area contributed by atoms with Gasteiger partial charge in [-0.15, -0.1) is 0 Å². The summed E-state index contributed by atoms with van der Waals surface area (Å²) in [7, 11) is 0. The molecule has 0 saturated carbocycles. The van der Waals surface area contributed by atoms with Crippen LogP contribution in [0.25, 0.3) is 0 Å². The smallest absolute Gasteiger partial charge is 0.355 e. The first-order valence-corrected chi connectivity index (χ1v) is 6.02. The first kappa shape index (κ1) is 14.1. The number of ether oxygens (including phenoxy) is 1. The monoisotopic (exact) mass is 253 g/mol. The zero-order chi connectivity index (χ0) is 13.5. The molecule has 6 heteroatoms. The van der Waals surface area contributed by atoms with E-state index >= 15 is 0 Å².